The summed E-state index contributed by atoms with van der Waals surface area (Å²) in [6.07, 6.45) is 0.487. The Morgan fingerprint density at radius 2 is 1.77 bits per heavy atom. The van der Waals surface area contributed by atoms with Crippen LogP contribution in [-0.4, -0.2) is 42.1 Å². The second-order valence-corrected chi connectivity index (χ2v) is 6.68. The van der Waals surface area contributed by atoms with E-state index in [1.165, 1.54) is 5.56 Å². The topological polar surface area (TPSA) is 56.6 Å². The van der Waals surface area contributed by atoms with Gasteiger partial charge in [0.1, 0.15) is 6.10 Å². The summed E-state index contributed by atoms with van der Waals surface area (Å²) in [5.41, 5.74) is 3.02. The molecule has 0 unspecified atom stereocenters. The van der Waals surface area contributed by atoms with Crippen molar-refractivity contribution in [2.75, 3.05) is 20.1 Å². The Morgan fingerprint density at radius 1 is 1.12 bits per heavy atom. The monoisotopic (exact) mass is 349 g/mol. The molecule has 0 aliphatic carbocycles. The predicted octanol–water partition coefficient (Wildman–Crippen LogP) is 3.40. The molecule has 1 atom stereocenters. The van der Waals surface area contributed by atoms with Crippen molar-refractivity contribution in [1.29, 1.82) is 5.26 Å². The first-order valence-corrected chi connectivity index (χ1v) is 8.81. The Bertz CT molecular complexity index is 768. The van der Waals surface area contributed by atoms with E-state index >= 15 is 0 Å². The van der Waals surface area contributed by atoms with E-state index in [4.69, 9.17) is 10.00 Å². The molecule has 5 nitrogen and oxygen atoms in total. The van der Waals surface area contributed by atoms with E-state index in [0.29, 0.717) is 12.1 Å². The fourth-order valence-corrected chi connectivity index (χ4v) is 3.11. The number of benzene rings is 2. The Labute approximate surface area is 154 Å². The Morgan fingerprint density at radius 3 is 2.38 bits per heavy atom. The van der Waals surface area contributed by atoms with E-state index in [9.17, 15) is 4.79 Å². The summed E-state index contributed by atoms with van der Waals surface area (Å²) in [4.78, 5) is 15.7. The van der Waals surface area contributed by atoms with Crippen molar-refractivity contribution in [2.24, 2.45) is 0 Å². The molecule has 2 aromatic rings. The maximum atomic E-state index is 11.8. The number of cyclic esters (lactones) is 1. The first-order chi connectivity index (χ1) is 12.6. The normalized spacial score (nSPS) is 17.0. The number of ether oxygens (including phenoxy) is 1. The zero-order valence-electron chi connectivity index (χ0n) is 15.0. The van der Waals surface area contributed by atoms with Crippen LogP contribution in [0, 0.1) is 11.3 Å². The van der Waals surface area contributed by atoms with Crippen molar-refractivity contribution in [2.45, 2.75) is 25.6 Å². The van der Waals surface area contributed by atoms with Crippen LogP contribution in [0.1, 0.15) is 23.1 Å². The largest absolute Gasteiger partial charge is 0.445 e. The highest BCUT2D eigenvalue weighted by Crippen LogP contribution is 2.16. The third-order valence-corrected chi connectivity index (χ3v) is 4.57. The van der Waals surface area contributed by atoms with Crippen LogP contribution in [-0.2, 0) is 17.8 Å². The van der Waals surface area contributed by atoms with Crippen molar-refractivity contribution in [1.82, 2.24) is 9.80 Å². The second kappa shape index (κ2) is 8.50. The van der Waals surface area contributed by atoms with Crippen LogP contribution < -0.4 is 0 Å². The molecule has 3 rings (SSSR count). The van der Waals surface area contributed by atoms with E-state index in [0.717, 1.165) is 31.6 Å². The van der Waals surface area contributed by atoms with Gasteiger partial charge in [-0.2, -0.15) is 5.26 Å². The highest BCUT2D eigenvalue weighted by molar-refractivity contribution is 5.68. The number of amides is 1. The molecular weight excluding hydrogens is 326 g/mol. The molecule has 1 aliphatic rings. The van der Waals surface area contributed by atoms with Crippen molar-refractivity contribution in [3.05, 3.63) is 71.3 Å². The number of rotatable bonds is 6. The van der Waals surface area contributed by atoms with Crippen molar-refractivity contribution in [3.63, 3.8) is 0 Å². The molecule has 1 fully saturated rings. The summed E-state index contributed by atoms with van der Waals surface area (Å²) < 4.78 is 5.54. The van der Waals surface area contributed by atoms with Gasteiger partial charge < -0.3 is 9.64 Å². The number of carbonyl (C=O) groups is 1. The molecule has 1 amide bonds. The summed E-state index contributed by atoms with van der Waals surface area (Å²) in [6.45, 7) is 2.93. The fraction of sp³-hybridized carbons (Fsp3) is 0.333. The zero-order valence-corrected chi connectivity index (χ0v) is 15.0. The molecule has 0 aromatic heterocycles. The van der Waals surface area contributed by atoms with Gasteiger partial charge in [-0.25, -0.2) is 4.79 Å². The summed E-state index contributed by atoms with van der Waals surface area (Å²) in [6, 6.07) is 20.1. The van der Waals surface area contributed by atoms with Crippen LogP contribution in [0.5, 0.6) is 0 Å². The van der Waals surface area contributed by atoms with E-state index < -0.39 is 0 Å². The number of nitrogens with zero attached hydrogens (tertiary/aromatic N) is 3. The van der Waals surface area contributed by atoms with E-state index in [-0.39, 0.29) is 12.2 Å². The molecular formula is C21H23N3O2. The lowest BCUT2D eigenvalue weighted by Crippen LogP contribution is -2.44. The lowest BCUT2D eigenvalue weighted by atomic mass is 10.1. The van der Waals surface area contributed by atoms with Crippen LogP contribution in [0.15, 0.2) is 54.6 Å². The first-order valence-electron chi connectivity index (χ1n) is 8.81. The van der Waals surface area contributed by atoms with Gasteiger partial charge in [0.05, 0.1) is 11.6 Å². The molecule has 0 saturated carbocycles. The van der Waals surface area contributed by atoms with Gasteiger partial charge in [0.15, 0.2) is 0 Å². The van der Waals surface area contributed by atoms with Gasteiger partial charge in [0.25, 0.3) is 0 Å². The highest BCUT2D eigenvalue weighted by atomic mass is 16.6. The van der Waals surface area contributed by atoms with Crippen LogP contribution in [0.4, 0.5) is 4.79 Å². The number of carbonyl (C=O) groups excluding carboxylic acids is 1. The molecule has 1 saturated heterocycles. The molecule has 0 spiro atoms. The maximum absolute atomic E-state index is 11.8. The SMILES string of the molecule is CN1CC[C@@H](CN(Cc2ccccc2)Cc2ccc(C#N)cc2)OC1=O. The van der Waals surface area contributed by atoms with Gasteiger partial charge in [-0.1, -0.05) is 42.5 Å². The molecule has 0 N–H and O–H groups in total. The summed E-state index contributed by atoms with van der Waals surface area (Å²) in [5.74, 6) is 0. The molecule has 2 aromatic carbocycles. The minimum absolute atomic E-state index is 0.0965. The number of nitriles is 1. The van der Waals surface area contributed by atoms with Crippen LogP contribution >= 0.6 is 0 Å². The van der Waals surface area contributed by atoms with Crippen LogP contribution in [0.25, 0.3) is 0 Å². The number of hydrogen-bond acceptors (Lipinski definition) is 4. The van der Waals surface area contributed by atoms with Gasteiger partial charge in [0.2, 0.25) is 0 Å². The maximum Gasteiger partial charge on any atom is 0.409 e. The van der Waals surface area contributed by atoms with Crippen molar-refractivity contribution >= 4 is 6.09 Å². The summed E-state index contributed by atoms with van der Waals surface area (Å²) in [5, 5.41) is 8.95. The van der Waals surface area contributed by atoms with Gasteiger partial charge >= 0.3 is 6.09 Å². The Balaban J connectivity index is 1.70. The summed E-state index contributed by atoms with van der Waals surface area (Å²) >= 11 is 0. The van der Waals surface area contributed by atoms with Gasteiger partial charge in [-0.3, -0.25) is 4.90 Å². The molecule has 0 bridgehead atoms. The zero-order chi connectivity index (χ0) is 18.4. The lowest BCUT2D eigenvalue weighted by Gasteiger charge is -2.33. The first kappa shape index (κ1) is 18.0. The van der Waals surface area contributed by atoms with E-state index in [2.05, 4.69) is 23.1 Å². The molecule has 26 heavy (non-hydrogen) atoms. The quantitative estimate of drug-likeness (QED) is 0.802. The van der Waals surface area contributed by atoms with Crippen molar-refractivity contribution < 1.29 is 9.53 Å². The van der Waals surface area contributed by atoms with E-state index in [1.807, 2.05) is 42.5 Å². The minimum atomic E-state index is -0.251. The van der Waals surface area contributed by atoms with Crippen molar-refractivity contribution in [3.8, 4) is 6.07 Å². The lowest BCUT2D eigenvalue weighted by molar-refractivity contribution is 0.0124. The van der Waals surface area contributed by atoms with Crippen LogP contribution in [0.2, 0.25) is 0 Å². The minimum Gasteiger partial charge on any atom is -0.445 e. The third kappa shape index (κ3) is 4.84. The average Bonchev–Trinajstić information content (AvgIpc) is 2.66. The molecule has 134 valence electrons. The van der Waals surface area contributed by atoms with Gasteiger partial charge in [-0.15, -0.1) is 0 Å². The molecule has 1 heterocycles. The standard InChI is InChI=1S/C21H23N3O2/c1-23-12-11-20(26-21(23)25)16-24(14-18-5-3-2-4-6-18)15-19-9-7-17(13-22)8-10-19/h2-10,20H,11-12,14-16H2,1H3/t20-/m0/s1. The smallest absolute Gasteiger partial charge is 0.409 e. The highest BCUT2D eigenvalue weighted by Gasteiger charge is 2.26. The Hall–Kier alpha value is -2.84. The summed E-state index contributed by atoms with van der Waals surface area (Å²) in [7, 11) is 1.76. The Kier molecular flexibility index (Phi) is 5.88. The third-order valence-electron chi connectivity index (χ3n) is 4.57. The fourth-order valence-electron chi connectivity index (χ4n) is 3.11. The molecule has 1 aliphatic heterocycles. The molecule has 5 heteroatoms. The van der Waals surface area contributed by atoms with Crippen LogP contribution in [0.3, 0.4) is 0 Å². The average molecular weight is 349 g/mol. The van der Waals surface area contributed by atoms with E-state index in [1.54, 1.807) is 11.9 Å². The predicted molar refractivity (Wildman–Crippen MR) is 99.2 cm³/mol. The molecule has 0 radical (unpaired) electrons. The second-order valence-electron chi connectivity index (χ2n) is 6.68. The van der Waals surface area contributed by atoms with Gasteiger partial charge in [-0.05, 0) is 23.3 Å². The number of hydrogen-bond donors (Lipinski definition) is 0. The van der Waals surface area contributed by atoms with Gasteiger partial charge in [0, 0.05) is 39.6 Å².